The summed E-state index contributed by atoms with van der Waals surface area (Å²) in [6, 6.07) is 73.4. The van der Waals surface area contributed by atoms with Gasteiger partial charge in [-0.25, -0.2) is 0 Å². The highest BCUT2D eigenvalue weighted by Gasteiger charge is 2.23. The maximum Gasteiger partial charge on any atom is 0.0565 e. The van der Waals surface area contributed by atoms with Crippen LogP contribution >= 0.6 is 0 Å². The molecule has 1 aliphatic rings. The van der Waals surface area contributed by atoms with E-state index in [1.54, 1.807) is 6.08 Å². The van der Waals surface area contributed by atoms with Gasteiger partial charge in [-0.2, -0.15) is 0 Å². The largest absolute Gasteiger partial charge is 0.354 e. The fourth-order valence-electron chi connectivity index (χ4n) is 10.3. The molecule has 0 fully saturated rings. The fraction of sp³-hybridized carbons (Fsp3) is 0.0725. The number of hydrogen-bond acceptors (Lipinski definition) is 1. The number of allylic oxidation sites excluding steroid dienone is 8. The van der Waals surface area contributed by atoms with E-state index in [4.69, 9.17) is 0 Å². The van der Waals surface area contributed by atoms with Crippen LogP contribution in [0.25, 0.3) is 88.3 Å². The average molecular weight is 930 g/mol. The minimum absolute atomic E-state index is 0.992. The number of rotatable bonds is 10. The zero-order valence-corrected chi connectivity index (χ0v) is 41.6. The van der Waals surface area contributed by atoms with Crippen LogP contribution in [0.2, 0.25) is 0 Å². The summed E-state index contributed by atoms with van der Waals surface area (Å²) in [6.45, 7) is 15.7. The van der Waals surface area contributed by atoms with Gasteiger partial charge >= 0.3 is 0 Å². The van der Waals surface area contributed by atoms with E-state index >= 15 is 0 Å². The van der Waals surface area contributed by atoms with Gasteiger partial charge in [-0.1, -0.05) is 197 Å². The van der Waals surface area contributed by atoms with Crippen molar-refractivity contribution in [1.82, 2.24) is 9.55 Å². The molecule has 0 aliphatic heterocycles. The first kappa shape index (κ1) is 46.8. The average Bonchev–Trinajstić information content (AvgIpc) is 4.13. The monoisotopic (exact) mass is 929 g/mol. The summed E-state index contributed by atoms with van der Waals surface area (Å²) in [5.41, 5.74) is 21.4. The predicted octanol–water partition coefficient (Wildman–Crippen LogP) is 19.7. The Labute approximate surface area is 424 Å². The normalized spacial score (nSPS) is 11.9. The van der Waals surface area contributed by atoms with Gasteiger partial charge in [0.15, 0.2) is 0 Å². The summed E-state index contributed by atoms with van der Waals surface area (Å²) in [6.07, 6.45) is 14.8. The molecule has 3 heteroatoms. The zero-order chi connectivity index (χ0) is 49.6. The molecule has 0 bridgehead atoms. The van der Waals surface area contributed by atoms with Crippen molar-refractivity contribution < 1.29 is 0 Å². The van der Waals surface area contributed by atoms with Crippen LogP contribution in [0.5, 0.6) is 0 Å². The van der Waals surface area contributed by atoms with Crippen molar-refractivity contribution in [1.29, 1.82) is 0 Å². The number of anilines is 3. The molecule has 0 amide bonds. The summed E-state index contributed by atoms with van der Waals surface area (Å²) >= 11 is 0. The zero-order valence-electron chi connectivity index (χ0n) is 41.6. The second-order valence-electron chi connectivity index (χ2n) is 17.7. The van der Waals surface area contributed by atoms with Crippen LogP contribution in [-0.2, 0) is 6.42 Å². The van der Waals surface area contributed by atoms with Gasteiger partial charge in [0.2, 0.25) is 0 Å². The molecule has 2 heterocycles. The Kier molecular flexibility index (Phi) is 13.6. The van der Waals surface area contributed by atoms with E-state index in [0.717, 1.165) is 62.3 Å². The maximum atomic E-state index is 4.22. The van der Waals surface area contributed by atoms with Crippen molar-refractivity contribution in [3.8, 4) is 39.1 Å². The summed E-state index contributed by atoms with van der Waals surface area (Å²) in [5, 5.41) is 4.82. The molecule has 0 unspecified atom stereocenters. The molecule has 0 radical (unpaired) electrons. The van der Waals surface area contributed by atoms with E-state index in [9.17, 15) is 0 Å². The third-order valence-electron chi connectivity index (χ3n) is 13.6. The van der Waals surface area contributed by atoms with Gasteiger partial charge in [0.1, 0.15) is 0 Å². The van der Waals surface area contributed by atoms with Crippen molar-refractivity contribution in [2.24, 2.45) is 0 Å². The first-order valence-electron chi connectivity index (χ1n) is 25.1. The second-order valence-corrected chi connectivity index (χ2v) is 17.7. The fourth-order valence-corrected chi connectivity index (χ4v) is 10.3. The van der Waals surface area contributed by atoms with Gasteiger partial charge in [-0.3, -0.25) is 0 Å². The minimum atomic E-state index is 0.992. The lowest BCUT2D eigenvalue weighted by molar-refractivity contribution is 1.18. The van der Waals surface area contributed by atoms with Gasteiger partial charge in [0.05, 0.1) is 22.2 Å². The summed E-state index contributed by atoms with van der Waals surface area (Å²) in [7, 11) is 0. The molecule has 1 aliphatic carbocycles. The second kappa shape index (κ2) is 21.0. The first-order chi connectivity index (χ1) is 35.6. The number of fused-ring (bicyclic) bond motifs is 9. The standard InChI is InChI=1S/C62H45N3.C5H8.C2H6/c1-3-5-15-41(4-2)52-35-37-60(61-54-21-11-13-22-57(54)63-62(52)61)64(49-31-26-42(27-32-49)44-24-25-47-38-46-16-9-10-19-51(46)55(47)39-44)50-33-28-43(29-34-50)45-30-36-59-56(40-45)53-20-12-14-23-58(53)65(59)48-17-7-6-8-18-48;1-3-5-4-2;1-2/h3-37,39-40,63H,2,38H2,1H3;3-5H,1H2,2H3;1-2H3/b5-3-,41-15+;5-4-;. The van der Waals surface area contributed by atoms with Gasteiger partial charge < -0.3 is 14.5 Å². The predicted molar refractivity (Wildman–Crippen MR) is 313 cm³/mol. The van der Waals surface area contributed by atoms with E-state index in [1.807, 2.05) is 45.9 Å². The number of benzene rings is 9. The quantitative estimate of drug-likeness (QED) is 0.136. The first-order valence-corrected chi connectivity index (χ1v) is 25.1. The summed E-state index contributed by atoms with van der Waals surface area (Å²) in [4.78, 5) is 6.24. The van der Waals surface area contributed by atoms with E-state index in [-0.39, 0.29) is 0 Å². The number of hydrogen-bond donors (Lipinski definition) is 1. The highest BCUT2D eigenvalue weighted by molar-refractivity contribution is 6.18. The lowest BCUT2D eigenvalue weighted by Gasteiger charge is -2.27. The molecule has 1 N–H and O–H groups in total. The summed E-state index contributed by atoms with van der Waals surface area (Å²) < 4.78 is 2.37. The molecule has 12 rings (SSSR count). The molecular formula is C69H59N3. The number of aromatic amines is 1. The molecule has 0 saturated carbocycles. The van der Waals surface area contributed by atoms with Crippen molar-refractivity contribution >= 4 is 66.2 Å². The van der Waals surface area contributed by atoms with Crippen molar-refractivity contribution in [3.05, 3.63) is 273 Å². The van der Waals surface area contributed by atoms with Crippen LogP contribution in [0.3, 0.4) is 0 Å². The molecular weight excluding hydrogens is 871 g/mol. The van der Waals surface area contributed by atoms with E-state index < -0.39 is 0 Å². The smallest absolute Gasteiger partial charge is 0.0565 e. The molecule has 9 aromatic carbocycles. The van der Waals surface area contributed by atoms with Gasteiger partial charge in [-0.15, -0.1) is 0 Å². The number of H-pyrrole nitrogens is 1. The highest BCUT2D eigenvalue weighted by Crippen LogP contribution is 2.46. The van der Waals surface area contributed by atoms with Crippen molar-refractivity contribution in [2.75, 3.05) is 4.90 Å². The Balaban J connectivity index is 0.000000805. The molecule has 2 aromatic heterocycles. The third kappa shape index (κ3) is 8.71. The number of nitrogens with one attached hydrogen (secondary N) is 1. The van der Waals surface area contributed by atoms with Crippen LogP contribution in [-0.4, -0.2) is 9.55 Å². The van der Waals surface area contributed by atoms with Gasteiger partial charge in [0.25, 0.3) is 0 Å². The maximum absolute atomic E-state index is 4.22. The van der Waals surface area contributed by atoms with Crippen LogP contribution in [0.15, 0.2) is 256 Å². The Hall–Kier alpha value is -8.92. The van der Waals surface area contributed by atoms with Crippen LogP contribution in [0, 0.1) is 0 Å². The highest BCUT2D eigenvalue weighted by atomic mass is 15.1. The molecule has 350 valence electrons. The number of para-hydroxylation sites is 3. The van der Waals surface area contributed by atoms with Crippen molar-refractivity contribution in [3.63, 3.8) is 0 Å². The Morgan fingerprint density at radius 1 is 0.528 bits per heavy atom. The Morgan fingerprint density at radius 2 is 1.12 bits per heavy atom. The minimum Gasteiger partial charge on any atom is -0.354 e. The molecule has 0 spiro atoms. The third-order valence-corrected chi connectivity index (χ3v) is 13.6. The molecule has 3 nitrogen and oxygen atoms in total. The number of nitrogens with zero attached hydrogens (tertiary/aromatic N) is 2. The Morgan fingerprint density at radius 3 is 1.82 bits per heavy atom. The molecule has 0 atom stereocenters. The van der Waals surface area contributed by atoms with Gasteiger partial charge in [0, 0.05) is 49.7 Å². The van der Waals surface area contributed by atoms with Crippen LogP contribution < -0.4 is 4.90 Å². The lowest BCUT2D eigenvalue weighted by Crippen LogP contribution is -2.10. The summed E-state index contributed by atoms with van der Waals surface area (Å²) in [5.74, 6) is 0. The SMILES string of the molecule is C=C/C(=C\C=C/C)c1ccc(N(c2ccc(-c3ccc4c(c3)-c3ccccc3C4)cc2)c2ccc(-c3ccc4c(c3)c3ccccc3n4-c3ccccc3)cc2)c2c1[nH]c1ccccc12.C=C/C=C\C.CC. The molecule has 11 aromatic rings. The topological polar surface area (TPSA) is 24.0 Å². The molecule has 72 heavy (non-hydrogen) atoms. The lowest BCUT2D eigenvalue weighted by atomic mass is 9.97. The Bertz CT molecular complexity index is 3840. The van der Waals surface area contributed by atoms with E-state index in [2.05, 4.69) is 246 Å². The van der Waals surface area contributed by atoms with Gasteiger partial charge in [-0.05, 0) is 143 Å². The number of aromatic nitrogens is 2. The van der Waals surface area contributed by atoms with Crippen LogP contribution in [0.1, 0.15) is 44.4 Å². The van der Waals surface area contributed by atoms with Crippen LogP contribution in [0.4, 0.5) is 17.1 Å². The molecule has 0 saturated heterocycles. The van der Waals surface area contributed by atoms with Crippen molar-refractivity contribution in [2.45, 2.75) is 34.1 Å². The van der Waals surface area contributed by atoms with E-state index in [1.165, 1.54) is 66.1 Å². The van der Waals surface area contributed by atoms with E-state index in [0.29, 0.717) is 0 Å².